The number of carbonyl (C=O) groups is 1. The molecule has 1 rings (SSSR count). The van der Waals surface area contributed by atoms with Crippen LogP contribution in [0.3, 0.4) is 0 Å². The number of hydrogen-bond donors (Lipinski definition) is 2. The maximum absolute atomic E-state index is 12.1. The average molecular weight is 251 g/mol. The third-order valence-corrected chi connectivity index (χ3v) is 3.42. The van der Waals surface area contributed by atoms with Crippen molar-refractivity contribution < 1.29 is 14.6 Å². The lowest BCUT2D eigenvalue weighted by atomic mass is 9.95. The van der Waals surface area contributed by atoms with E-state index in [0.717, 1.165) is 12.8 Å². The Kier molecular flexibility index (Phi) is 4.59. The molecule has 0 spiro atoms. The fourth-order valence-electron chi connectivity index (χ4n) is 1.60. The van der Waals surface area contributed by atoms with Crippen LogP contribution in [0.4, 0.5) is 0 Å². The van der Waals surface area contributed by atoms with Gasteiger partial charge in [0.2, 0.25) is 0 Å². The SMILES string of the molecule is CCC(C)(CC)NC(=O)c1ccc(OC)c(O)c1. The molecular formula is C14H21NO3. The number of benzene rings is 1. The monoisotopic (exact) mass is 251 g/mol. The van der Waals surface area contributed by atoms with Gasteiger partial charge in [-0.15, -0.1) is 0 Å². The molecule has 4 heteroatoms. The molecule has 0 heterocycles. The van der Waals surface area contributed by atoms with Crippen LogP contribution in [-0.4, -0.2) is 23.7 Å². The van der Waals surface area contributed by atoms with E-state index in [-0.39, 0.29) is 17.2 Å². The molecule has 0 aliphatic rings. The Labute approximate surface area is 108 Å². The lowest BCUT2D eigenvalue weighted by molar-refractivity contribution is 0.0900. The zero-order valence-electron chi connectivity index (χ0n) is 11.4. The van der Waals surface area contributed by atoms with Gasteiger partial charge in [-0.25, -0.2) is 0 Å². The predicted octanol–water partition coefficient (Wildman–Crippen LogP) is 2.71. The van der Waals surface area contributed by atoms with E-state index >= 15 is 0 Å². The normalized spacial score (nSPS) is 11.1. The summed E-state index contributed by atoms with van der Waals surface area (Å²) in [6.07, 6.45) is 1.72. The minimum atomic E-state index is -0.216. The van der Waals surface area contributed by atoms with Crippen LogP contribution in [0, 0.1) is 0 Å². The summed E-state index contributed by atoms with van der Waals surface area (Å²) in [6.45, 7) is 6.08. The largest absolute Gasteiger partial charge is 0.504 e. The van der Waals surface area contributed by atoms with Gasteiger partial charge in [-0.3, -0.25) is 4.79 Å². The van der Waals surface area contributed by atoms with Gasteiger partial charge in [-0.1, -0.05) is 13.8 Å². The summed E-state index contributed by atoms with van der Waals surface area (Å²) in [5.41, 5.74) is 0.216. The third kappa shape index (κ3) is 3.15. The highest BCUT2D eigenvalue weighted by Gasteiger charge is 2.22. The van der Waals surface area contributed by atoms with E-state index in [1.807, 2.05) is 20.8 Å². The Morgan fingerprint density at radius 2 is 2.00 bits per heavy atom. The van der Waals surface area contributed by atoms with Gasteiger partial charge >= 0.3 is 0 Å². The summed E-state index contributed by atoms with van der Waals surface area (Å²) < 4.78 is 4.94. The van der Waals surface area contributed by atoms with Gasteiger partial charge in [0.1, 0.15) is 0 Å². The molecule has 0 bridgehead atoms. The summed E-state index contributed by atoms with van der Waals surface area (Å²) in [5.74, 6) is 0.152. The molecule has 0 unspecified atom stereocenters. The quantitative estimate of drug-likeness (QED) is 0.846. The Morgan fingerprint density at radius 3 is 2.44 bits per heavy atom. The molecular weight excluding hydrogens is 230 g/mol. The van der Waals surface area contributed by atoms with E-state index < -0.39 is 0 Å². The zero-order chi connectivity index (χ0) is 13.8. The lowest BCUT2D eigenvalue weighted by Crippen LogP contribution is -2.44. The first-order valence-corrected chi connectivity index (χ1v) is 6.15. The van der Waals surface area contributed by atoms with Gasteiger partial charge < -0.3 is 15.2 Å². The fourth-order valence-corrected chi connectivity index (χ4v) is 1.60. The van der Waals surface area contributed by atoms with Crippen LogP contribution >= 0.6 is 0 Å². The first kappa shape index (κ1) is 14.4. The summed E-state index contributed by atoms with van der Waals surface area (Å²) in [4.78, 5) is 12.1. The summed E-state index contributed by atoms with van der Waals surface area (Å²) >= 11 is 0. The third-order valence-electron chi connectivity index (χ3n) is 3.42. The van der Waals surface area contributed by atoms with Gasteiger partial charge in [0, 0.05) is 11.1 Å². The summed E-state index contributed by atoms with van der Waals surface area (Å²) in [6, 6.07) is 4.64. The van der Waals surface area contributed by atoms with Crippen molar-refractivity contribution in [3.63, 3.8) is 0 Å². The minimum Gasteiger partial charge on any atom is -0.504 e. The number of hydrogen-bond acceptors (Lipinski definition) is 3. The number of methoxy groups -OCH3 is 1. The molecule has 0 atom stereocenters. The highest BCUT2D eigenvalue weighted by atomic mass is 16.5. The van der Waals surface area contributed by atoms with E-state index in [1.54, 1.807) is 12.1 Å². The van der Waals surface area contributed by atoms with Crippen LogP contribution < -0.4 is 10.1 Å². The second-order valence-electron chi connectivity index (χ2n) is 4.61. The Hall–Kier alpha value is -1.71. The first-order chi connectivity index (χ1) is 8.45. The van der Waals surface area contributed by atoms with Crippen LogP contribution in [-0.2, 0) is 0 Å². The van der Waals surface area contributed by atoms with E-state index in [2.05, 4.69) is 5.32 Å². The number of aromatic hydroxyl groups is 1. The number of phenolic OH excluding ortho intramolecular Hbond substituents is 1. The molecule has 0 saturated heterocycles. The van der Waals surface area contributed by atoms with Crippen LogP contribution in [0.1, 0.15) is 44.0 Å². The number of nitrogens with one attached hydrogen (secondary N) is 1. The molecule has 0 radical (unpaired) electrons. The standard InChI is InChI=1S/C14H21NO3/c1-5-14(3,6-2)15-13(17)10-7-8-12(18-4)11(16)9-10/h7-9,16H,5-6H2,1-4H3,(H,15,17). The minimum absolute atomic E-state index is 0.0279. The van der Waals surface area contributed by atoms with Crippen LogP contribution in [0.2, 0.25) is 0 Å². The van der Waals surface area contributed by atoms with Crippen molar-refractivity contribution in [3.8, 4) is 11.5 Å². The maximum atomic E-state index is 12.1. The first-order valence-electron chi connectivity index (χ1n) is 6.15. The van der Waals surface area contributed by atoms with Gasteiger partial charge in [0.25, 0.3) is 5.91 Å². The number of phenols is 1. The Morgan fingerprint density at radius 1 is 1.39 bits per heavy atom. The Bertz CT molecular complexity index is 425. The van der Waals surface area contributed by atoms with Gasteiger partial charge in [0.15, 0.2) is 11.5 Å². The molecule has 0 aromatic heterocycles. The van der Waals surface area contributed by atoms with Gasteiger partial charge in [-0.2, -0.15) is 0 Å². The molecule has 4 nitrogen and oxygen atoms in total. The average Bonchev–Trinajstić information content (AvgIpc) is 2.38. The second kappa shape index (κ2) is 5.76. The second-order valence-corrected chi connectivity index (χ2v) is 4.61. The summed E-state index contributed by atoms with van der Waals surface area (Å²) in [5, 5.41) is 12.6. The number of rotatable bonds is 5. The molecule has 1 aromatic carbocycles. The zero-order valence-corrected chi connectivity index (χ0v) is 11.4. The predicted molar refractivity (Wildman–Crippen MR) is 71.1 cm³/mol. The fraction of sp³-hybridized carbons (Fsp3) is 0.500. The smallest absolute Gasteiger partial charge is 0.251 e. The van der Waals surface area contributed by atoms with Crippen molar-refractivity contribution in [2.45, 2.75) is 39.2 Å². The molecule has 1 amide bonds. The van der Waals surface area contributed by atoms with E-state index in [1.165, 1.54) is 13.2 Å². The molecule has 18 heavy (non-hydrogen) atoms. The van der Waals surface area contributed by atoms with E-state index in [9.17, 15) is 9.90 Å². The van der Waals surface area contributed by atoms with Crippen molar-refractivity contribution >= 4 is 5.91 Å². The maximum Gasteiger partial charge on any atom is 0.251 e. The molecule has 0 aliphatic heterocycles. The van der Waals surface area contributed by atoms with E-state index in [4.69, 9.17) is 4.74 Å². The summed E-state index contributed by atoms with van der Waals surface area (Å²) in [7, 11) is 1.47. The van der Waals surface area contributed by atoms with Crippen LogP contribution in [0.5, 0.6) is 11.5 Å². The Balaban J connectivity index is 2.88. The van der Waals surface area contributed by atoms with Crippen LogP contribution in [0.15, 0.2) is 18.2 Å². The number of ether oxygens (including phenoxy) is 1. The number of carbonyl (C=O) groups excluding carboxylic acids is 1. The highest BCUT2D eigenvalue weighted by molar-refractivity contribution is 5.95. The van der Waals surface area contributed by atoms with Crippen molar-refractivity contribution in [1.29, 1.82) is 0 Å². The lowest BCUT2D eigenvalue weighted by Gasteiger charge is -2.28. The van der Waals surface area contributed by atoms with Crippen molar-refractivity contribution in [2.75, 3.05) is 7.11 Å². The molecule has 0 saturated carbocycles. The molecule has 0 aliphatic carbocycles. The van der Waals surface area contributed by atoms with Crippen molar-refractivity contribution in [2.24, 2.45) is 0 Å². The number of amides is 1. The van der Waals surface area contributed by atoms with Gasteiger partial charge in [-0.05, 0) is 38.0 Å². The highest BCUT2D eigenvalue weighted by Crippen LogP contribution is 2.26. The molecule has 100 valence electrons. The van der Waals surface area contributed by atoms with E-state index in [0.29, 0.717) is 11.3 Å². The van der Waals surface area contributed by atoms with Crippen molar-refractivity contribution in [1.82, 2.24) is 5.32 Å². The molecule has 2 N–H and O–H groups in total. The molecule has 1 aromatic rings. The van der Waals surface area contributed by atoms with Gasteiger partial charge in [0.05, 0.1) is 7.11 Å². The topological polar surface area (TPSA) is 58.6 Å². The van der Waals surface area contributed by atoms with Crippen molar-refractivity contribution in [3.05, 3.63) is 23.8 Å². The van der Waals surface area contributed by atoms with Crippen LogP contribution in [0.25, 0.3) is 0 Å². The molecule has 0 fully saturated rings.